The summed E-state index contributed by atoms with van der Waals surface area (Å²) in [6, 6.07) is 10.9. The van der Waals surface area contributed by atoms with Crippen LogP contribution in [0.4, 0.5) is 10.1 Å². The zero-order chi connectivity index (χ0) is 20.1. The van der Waals surface area contributed by atoms with Crippen molar-refractivity contribution in [3.63, 3.8) is 0 Å². The second-order valence-corrected chi connectivity index (χ2v) is 9.19. The van der Waals surface area contributed by atoms with Gasteiger partial charge >= 0.3 is 0 Å². The number of benzene rings is 2. The lowest BCUT2D eigenvalue weighted by molar-refractivity contribution is -0.116. The second kappa shape index (κ2) is 9.13. The highest BCUT2D eigenvalue weighted by molar-refractivity contribution is 9.10. The van der Waals surface area contributed by atoms with E-state index in [9.17, 15) is 17.6 Å². The number of nitrogens with one attached hydrogen (secondary N) is 1. The molecule has 0 unspecified atom stereocenters. The summed E-state index contributed by atoms with van der Waals surface area (Å²) in [5.74, 6) is -0.827. The molecule has 0 aromatic heterocycles. The highest BCUT2D eigenvalue weighted by Crippen LogP contribution is 2.20. The summed E-state index contributed by atoms with van der Waals surface area (Å²) in [4.78, 5) is 12.3. The predicted octanol–water partition coefficient (Wildman–Crippen LogP) is 3.18. The number of halogens is 2. The lowest BCUT2D eigenvalue weighted by Gasteiger charge is -2.26. The van der Waals surface area contributed by atoms with Crippen LogP contribution in [0, 0.1) is 5.82 Å². The van der Waals surface area contributed by atoms with Crippen LogP contribution < -0.4 is 5.32 Å². The molecule has 1 aliphatic heterocycles. The first-order chi connectivity index (χ1) is 13.4. The molecule has 6 nitrogen and oxygen atoms in total. The van der Waals surface area contributed by atoms with E-state index in [0.29, 0.717) is 37.2 Å². The quantitative estimate of drug-likeness (QED) is 0.703. The Bertz CT molecular complexity index is 945. The van der Waals surface area contributed by atoms with Crippen LogP contribution >= 0.6 is 15.9 Å². The van der Waals surface area contributed by atoms with Crippen LogP contribution in [-0.4, -0.2) is 44.9 Å². The lowest BCUT2D eigenvalue weighted by Crippen LogP contribution is -2.40. The van der Waals surface area contributed by atoms with Crippen molar-refractivity contribution in [1.82, 2.24) is 4.31 Å². The molecule has 0 saturated carbocycles. The predicted molar refractivity (Wildman–Crippen MR) is 107 cm³/mol. The standard InChI is InChI=1S/C19H20BrFN2O4S/c20-15-4-7-18(17(21)13-15)22-19(24)8-3-14-1-5-16(6-2-14)28(25,26)23-9-11-27-12-10-23/h1-2,4-7,13H,3,8-12H2,(H,22,24). The Hall–Kier alpha value is -1.81. The minimum atomic E-state index is -3.53. The van der Waals surface area contributed by atoms with Crippen molar-refractivity contribution in [2.24, 2.45) is 0 Å². The van der Waals surface area contributed by atoms with Gasteiger partial charge in [-0.25, -0.2) is 12.8 Å². The van der Waals surface area contributed by atoms with Crippen molar-refractivity contribution < 1.29 is 22.3 Å². The molecule has 1 fully saturated rings. The number of aryl methyl sites for hydroxylation is 1. The van der Waals surface area contributed by atoms with E-state index in [-0.39, 0.29) is 22.9 Å². The van der Waals surface area contributed by atoms with E-state index >= 15 is 0 Å². The van der Waals surface area contributed by atoms with Crippen molar-refractivity contribution in [3.8, 4) is 0 Å². The topological polar surface area (TPSA) is 75.7 Å². The van der Waals surface area contributed by atoms with E-state index in [1.807, 2.05) is 0 Å². The number of carbonyl (C=O) groups is 1. The van der Waals surface area contributed by atoms with Crippen LogP contribution in [0.5, 0.6) is 0 Å². The summed E-state index contributed by atoms with van der Waals surface area (Å²) < 4.78 is 46.1. The summed E-state index contributed by atoms with van der Waals surface area (Å²) in [7, 11) is -3.53. The third-order valence-electron chi connectivity index (χ3n) is 4.38. The molecule has 150 valence electrons. The molecule has 9 heteroatoms. The average molecular weight is 471 g/mol. The highest BCUT2D eigenvalue weighted by Gasteiger charge is 2.26. The Morgan fingerprint density at radius 3 is 2.46 bits per heavy atom. The monoisotopic (exact) mass is 470 g/mol. The fraction of sp³-hybridized carbons (Fsp3) is 0.316. The number of amides is 1. The minimum Gasteiger partial charge on any atom is -0.379 e. The van der Waals surface area contributed by atoms with E-state index < -0.39 is 15.8 Å². The third-order valence-corrected chi connectivity index (χ3v) is 6.78. The van der Waals surface area contributed by atoms with Crippen LogP contribution in [0.25, 0.3) is 0 Å². The van der Waals surface area contributed by atoms with Crippen LogP contribution in [0.3, 0.4) is 0 Å². The molecular weight excluding hydrogens is 451 g/mol. The van der Waals surface area contributed by atoms with Crippen molar-refractivity contribution in [2.45, 2.75) is 17.7 Å². The van der Waals surface area contributed by atoms with Crippen LogP contribution in [0.15, 0.2) is 51.8 Å². The van der Waals surface area contributed by atoms with Gasteiger partial charge in [-0.05, 0) is 42.3 Å². The summed E-state index contributed by atoms with van der Waals surface area (Å²) in [6.07, 6.45) is 0.576. The van der Waals surface area contributed by atoms with Gasteiger partial charge in [0, 0.05) is 24.0 Å². The number of hydrogen-bond donors (Lipinski definition) is 1. The number of carbonyl (C=O) groups excluding carboxylic acids is 1. The number of hydrogen-bond acceptors (Lipinski definition) is 4. The fourth-order valence-corrected chi connectivity index (χ4v) is 4.57. The van der Waals surface area contributed by atoms with Gasteiger partial charge in [0.15, 0.2) is 0 Å². The SMILES string of the molecule is O=C(CCc1ccc(S(=O)(=O)N2CCOCC2)cc1)Nc1ccc(Br)cc1F. The minimum absolute atomic E-state index is 0.125. The van der Waals surface area contributed by atoms with E-state index in [1.54, 1.807) is 30.3 Å². The van der Waals surface area contributed by atoms with Gasteiger partial charge in [0.25, 0.3) is 0 Å². The van der Waals surface area contributed by atoms with E-state index in [0.717, 1.165) is 5.56 Å². The molecule has 0 bridgehead atoms. The molecule has 0 aliphatic carbocycles. The number of rotatable bonds is 6. The second-order valence-electron chi connectivity index (χ2n) is 6.33. The van der Waals surface area contributed by atoms with Crippen LogP contribution in [0.1, 0.15) is 12.0 Å². The Morgan fingerprint density at radius 2 is 1.82 bits per heavy atom. The number of nitrogens with zero attached hydrogens (tertiary/aromatic N) is 1. The normalized spacial score (nSPS) is 15.4. The molecule has 2 aromatic rings. The van der Waals surface area contributed by atoms with E-state index in [1.165, 1.54) is 16.4 Å². The fourth-order valence-electron chi connectivity index (χ4n) is 2.83. The molecule has 3 rings (SSSR count). The van der Waals surface area contributed by atoms with Gasteiger partial charge in [0.1, 0.15) is 5.82 Å². The first-order valence-electron chi connectivity index (χ1n) is 8.78. The average Bonchev–Trinajstić information content (AvgIpc) is 2.69. The molecule has 0 atom stereocenters. The molecule has 1 amide bonds. The molecule has 28 heavy (non-hydrogen) atoms. The zero-order valence-electron chi connectivity index (χ0n) is 15.0. The van der Waals surface area contributed by atoms with Gasteiger partial charge in [-0.3, -0.25) is 4.79 Å². The van der Waals surface area contributed by atoms with Gasteiger partial charge in [0.2, 0.25) is 15.9 Å². The Labute approximate surface area is 171 Å². The van der Waals surface area contributed by atoms with Crippen LogP contribution in [0.2, 0.25) is 0 Å². The van der Waals surface area contributed by atoms with Crippen molar-refractivity contribution in [2.75, 3.05) is 31.6 Å². The van der Waals surface area contributed by atoms with Crippen molar-refractivity contribution in [3.05, 3.63) is 58.3 Å². The Kier molecular flexibility index (Phi) is 6.82. The summed E-state index contributed by atoms with van der Waals surface area (Å²) >= 11 is 3.16. The maximum Gasteiger partial charge on any atom is 0.243 e. The molecular formula is C19H20BrFN2O4S. The maximum absolute atomic E-state index is 13.8. The summed E-state index contributed by atoms with van der Waals surface area (Å²) in [5.41, 5.74) is 0.951. The van der Waals surface area contributed by atoms with E-state index in [2.05, 4.69) is 21.2 Å². The van der Waals surface area contributed by atoms with Gasteiger partial charge in [0.05, 0.1) is 23.8 Å². The van der Waals surface area contributed by atoms with Gasteiger partial charge in [-0.1, -0.05) is 28.1 Å². The largest absolute Gasteiger partial charge is 0.379 e. The van der Waals surface area contributed by atoms with Gasteiger partial charge in [-0.15, -0.1) is 0 Å². The molecule has 2 aromatic carbocycles. The summed E-state index contributed by atoms with van der Waals surface area (Å²) in [6.45, 7) is 1.48. The Morgan fingerprint density at radius 1 is 1.14 bits per heavy atom. The maximum atomic E-state index is 13.8. The highest BCUT2D eigenvalue weighted by atomic mass is 79.9. The first-order valence-corrected chi connectivity index (χ1v) is 11.0. The molecule has 0 radical (unpaired) electrons. The molecule has 1 saturated heterocycles. The van der Waals surface area contributed by atoms with E-state index in [4.69, 9.17) is 4.74 Å². The number of ether oxygens (including phenoxy) is 1. The molecule has 1 aliphatic rings. The van der Waals surface area contributed by atoms with Crippen molar-refractivity contribution in [1.29, 1.82) is 0 Å². The third kappa shape index (κ3) is 5.16. The van der Waals surface area contributed by atoms with Crippen LogP contribution in [-0.2, 0) is 26.0 Å². The molecule has 1 N–H and O–H groups in total. The molecule has 0 spiro atoms. The van der Waals surface area contributed by atoms with Gasteiger partial charge in [-0.2, -0.15) is 4.31 Å². The smallest absolute Gasteiger partial charge is 0.243 e. The first kappa shape index (κ1) is 20.9. The lowest BCUT2D eigenvalue weighted by atomic mass is 10.1. The molecule has 1 heterocycles. The van der Waals surface area contributed by atoms with Crippen molar-refractivity contribution >= 4 is 37.5 Å². The Balaban J connectivity index is 1.57. The number of anilines is 1. The zero-order valence-corrected chi connectivity index (χ0v) is 17.4. The number of morpholine rings is 1. The summed E-state index contributed by atoms with van der Waals surface area (Å²) in [5, 5.41) is 2.54. The van der Waals surface area contributed by atoms with Gasteiger partial charge < -0.3 is 10.1 Å². The number of sulfonamides is 1.